The van der Waals surface area contributed by atoms with Crippen LogP contribution < -0.4 is 8.79 Å². The summed E-state index contributed by atoms with van der Waals surface area (Å²) in [6.07, 6.45) is 2.18. The summed E-state index contributed by atoms with van der Waals surface area (Å²) in [5.41, 5.74) is 1.27. The van der Waals surface area contributed by atoms with Gasteiger partial charge in [0.25, 0.3) is 4.06 Å². The first kappa shape index (κ1) is 10.8. The second kappa shape index (κ2) is 3.93. The highest BCUT2D eigenvalue weighted by molar-refractivity contribution is 7.27. The van der Waals surface area contributed by atoms with Crippen molar-refractivity contribution in [2.24, 2.45) is 5.92 Å². The van der Waals surface area contributed by atoms with Gasteiger partial charge in [0.15, 0.2) is 0 Å². The van der Waals surface area contributed by atoms with Crippen molar-refractivity contribution in [3.05, 3.63) is 48.4 Å². The van der Waals surface area contributed by atoms with Crippen LogP contribution in [0, 0.1) is 5.92 Å². The Bertz CT molecular complexity index is 656. The molecule has 2 unspecified atom stereocenters. The van der Waals surface area contributed by atoms with E-state index in [1.165, 1.54) is 38.0 Å². The van der Waals surface area contributed by atoms with Gasteiger partial charge in [-0.3, -0.25) is 4.79 Å². The number of aryl methyl sites for hydroxylation is 1. The number of fused-ring (bicyclic) bond motifs is 5. The number of benzene rings is 1. The highest BCUT2D eigenvalue weighted by Gasteiger charge is 2.37. The van der Waals surface area contributed by atoms with E-state index >= 15 is 0 Å². The number of hydrogen-bond donors (Lipinski definition) is 0. The van der Waals surface area contributed by atoms with Crippen LogP contribution >= 0.6 is 22.7 Å². The van der Waals surface area contributed by atoms with Gasteiger partial charge in [0.1, 0.15) is 5.75 Å². The first-order valence-corrected chi connectivity index (χ1v) is 7.80. The third-order valence-electron chi connectivity index (χ3n) is 3.88. The molecule has 1 aliphatic carbocycles. The van der Waals surface area contributed by atoms with E-state index in [2.05, 4.69) is 12.1 Å². The summed E-state index contributed by atoms with van der Waals surface area (Å²) in [6, 6.07) is 8.26. The molecule has 2 heterocycles. The molecule has 0 amide bonds. The first-order chi connectivity index (χ1) is 8.83. The standard InChI is InChI=1S/C14H12O2S2/c15-14-17-11-6-5-8-7-16-10-4-2-1-3-9(10)12(8)13(11)18-14/h1-4,8,12H,5-7H2. The van der Waals surface area contributed by atoms with E-state index in [9.17, 15) is 4.79 Å². The summed E-state index contributed by atoms with van der Waals surface area (Å²) in [4.78, 5) is 14.3. The molecule has 2 atom stereocenters. The van der Waals surface area contributed by atoms with Gasteiger partial charge < -0.3 is 4.74 Å². The fraction of sp³-hybridized carbons (Fsp3) is 0.357. The minimum atomic E-state index is 0.240. The minimum Gasteiger partial charge on any atom is -0.493 e. The number of hydrogen-bond acceptors (Lipinski definition) is 4. The van der Waals surface area contributed by atoms with Crippen LogP contribution in [0.15, 0.2) is 29.1 Å². The van der Waals surface area contributed by atoms with Crippen LogP contribution in [-0.4, -0.2) is 6.61 Å². The van der Waals surface area contributed by atoms with E-state index in [1.807, 2.05) is 12.1 Å². The van der Waals surface area contributed by atoms with Crippen molar-refractivity contribution < 1.29 is 4.74 Å². The second-order valence-electron chi connectivity index (χ2n) is 4.87. The Labute approximate surface area is 113 Å². The van der Waals surface area contributed by atoms with Crippen molar-refractivity contribution in [2.75, 3.05) is 6.61 Å². The summed E-state index contributed by atoms with van der Waals surface area (Å²) < 4.78 is 6.09. The van der Waals surface area contributed by atoms with Gasteiger partial charge in [-0.2, -0.15) is 0 Å². The predicted octanol–water partition coefficient (Wildman–Crippen LogP) is 3.26. The van der Waals surface area contributed by atoms with Crippen molar-refractivity contribution in [1.29, 1.82) is 0 Å². The lowest BCUT2D eigenvalue weighted by atomic mass is 9.77. The van der Waals surface area contributed by atoms with Crippen LogP contribution in [0.4, 0.5) is 0 Å². The summed E-state index contributed by atoms with van der Waals surface area (Å²) in [5, 5.41) is 0. The Balaban J connectivity index is 1.93. The molecule has 0 saturated carbocycles. The van der Waals surface area contributed by atoms with E-state index < -0.39 is 0 Å². The molecule has 1 aliphatic heterocycles. The molecule has 18 heavy (non-hydrogen) atoms. The molecule has 0 N–H and O–H groups in total. The Kier molecular flexibility index (Phi) is 2.35. The smallest absolute Gasteiger partial charge is 0.287 e. The Morgan fingerprint density at radius 1 is 1.22 bits per heavy atom. The van der Waals surface area contributed by atoms with Crippen LogP contribution in [-0.2, 0) is 6.42 Å². The van der Waals surface area contributed by atoms with Gasteiger partial charge in [-0.25, -0.2) is 0 Å². The van der Waals surface area contributed by atoms with E-state index in [0.717, 1.165) is 25.2 Å². The Hall–Kier alpha value is -1.13. The van der Waals surface area contributed by atoms with Crippen molar-refractivity contribution in [3.8, 4) is 5.75 Å². The van der Waals surface area contributed by atoms with Gasteiger partial charge in [-0.05, 0) is 18.9 Å². The van der Waals surface area contributed by atoms with Gasteiger partial charge >= 0.3 is 0 Å². The lowest BCUT2D eigenvalue weighted by Gasteiger charge is -2.36. The van der Waals surface area contributed by atoms with Gasteiger partial charge in [0.05, 0.1) is 6.61 Å². The summed E-state index contributed by atoms with van der Waals surface area (Å²) >= 11 is 2.89. The molecule has 0 radical (unpaired) electrons. The van der Waals surface area contributed by atoms with Gasteiger partial charge in [-0.1, -0.05) is 40.9 Å². The lowest BCUT2D eigenvalue weighted by Crippen LogP contribution is -2.29. The van der Waals surface area contributed by atoms with Crippen molar-refractivity contribution in [2.45, 2.75) is 18.8 Å². The largest absolute Gasteiger partial charge is 0.493 e. The molecule has 1 aromatic heterocycles. The lowest BCUT2D eigenvalue weighted by molar-refractivity contribution is 0.193. The maximum absolute atomic E-state index is 11.6. The van der Waals surface area contributed by atoms with Crippen LogP contribution in [0.1, 0.15) is 27.7 Å². The monoisotopic (exact) mass is 276 g/mol. The molecule has 4 heteroatoms. The second-order valence-corrected chi connectivity index (χ2v) is 7.21. The SMILES string of the molecule is O=c1sc2c(s1)C1c3ccccc3OCC1CC2. The fourth-order valence-electron chi connectivity index (χ4n) is 3.07. The van der Waals surface area contributed by atoms with Crippen LogP contribution in [0.3, 0.4) is 0 Å². The van der Waals surface area contributed by atoms with Crippen LogP contribution in [0.5, 0.6) is 5.75 Å². The molecule has 2 aromatic rings. The fourth-order valence-corrected chi connectivity index (χ4v) is 5.55. The summed E-state index contributed by atoms with van der Waals surface area (Å²) in [6.45, 7) is 0.790. The maximum atomic E-state index is 11.6. The molecular formula is C14H12O2S2. The van der Waals surface area contributed by atoms with Crippen molar-refractivity contribution in [1.82, 2.24) is 0 Å². The van der Waals surface area contributed by atoms with Gasteiger partial charge in [-0.15, -0.1) is 0 Å². The van der Waals surface area contributed by atoms with Crippen molar-refractivity contribution >= 4 is 22.7 Å². The molecule has 2 nitrogen and oxygen atoms in total. The maximum Gasteiger partial charge on any atom is 0.287 e. The Morgan fingerprint density at radius 2 is 2.11 bits per heavy atom. The molecule has 0 bridgehead atoms. The first-order valence-electron chi connectivity index (χ1n) is 6.17. The zero-order valence-corrected chi connectivity index (χ0v) is 11.4. The number of ether oxygens (including phenoxy) is 1. The quantitative estimate of drug-likeness (QED) is 0.738. The molecule has 0 saturated heterocycles. The third-order valence-corrected chi connectivity index (χ3v) is 6.23. The average Bonchev–Trinajstić information content (AvgIpc) is 2.78. The number of para-hydroxylation sites is 1. The topological polar surface area (TPSA) is 26.3 Å². The van der Waals surface area contributed by atoms with Gasteiger partial charge in [0, 0.05) is 27.2 Å². The van der Waals surface area contributed by atoms with E-state index in [1.54, 1.807) is 0 Å². The number of rotatable bonds is 0. The van der Waals surface area contributed by atoms with E-state index in [-0.39, 0.29) is 4.06 Å². The van der Waals surface area contributed by atoms with Crippen LogP contribution in [0.2, 0.25) is 0 Å². The predicted molar refractivity (Wildman–Crippen MR) is 74.1 cm³/mol. The molecule has 1 aromatic carbocycles. The molecule has 92 valence electrons. The Morgan fingerprint density at radius 3 is 3.06 bits per heavy atom. The van der Waals surface area contributed by atoms with E-state index in [0.29, 0.717) is 11.8 Å². The minimum absolute atomic E-state index is 0.240. The highest BCUT2D eigenvalue weighted by atomic mass is 32.2. The van der Waals surface area contributed by atoms with Crippen LogP contribution in [0.25, 0.3) is 0 Å². The third kappa shape index (κ3) is 1.49. The zero-order valence-electron chi connectivity index (χ0n) is 9.72. The van der Waals surface area contributed by atoms with E-state index in [4.69, 9.17) is 4.74 Å². The summed E-state index contributed by atoms with van der Waals surface area (Å²) in [5.74, 6) is 1.93. The average molecular weight is 276 g/mol. The normalized spacial score (nSPS) is 24.7. The summed E-state index contributed by atoms with van der Waals surface area (Å²) in [7, 11) is 0. The molecule has 0 fully saturated rings. The van der Waals surface area contributed by atoms with Gasteiger partial charge in [0.2, 0.25) is 0 Å². The molecule has 0 spiro atoms. The molecular weight excluding hydrogens is 264 g/mol. The molecule has 4 rings (SSSR count). The molecule has 2 aliphatic rings. The van der Waals surface area contributed by atoms with Crippen molar-refractivity contribution in [3.63, 3.8) is 0 Å². The highest BCUT2D eigenvalue weighted by Crippen LogP contribution is 2.48. The zero-order chi connectivity index (χ0) is 12.1.